The first-order valence-corrected chi connectivity index (χ1v) is 6.84. The third kappa shape index (κ3) is 3.72. The Bertz CT molecular complexity index is 373. The maximum atomic E-state index is 5.27. The van der Waals surface area contributed by atoms with E-state index in [1.165, 1.54) is 30.6 Å². The van der Waals surface area contributed by atoms with Crippen LogP contribution >= 0.6 is 0 Å². The highest BCUT2D eigenvalue weighted by molar-refractivity contribution is 5.36. The summed E-state index contributed by atoms with van der Waals surface area (Å²) in [4.78, 5) is 0. The van der Waals surface area contributed by atoms with E-state index in [4.69, 9.17) is 4.74 Å². The molecule has 0 aromatic heterocycles. The van der Waals surface area contributed by atoms with Gasteiger partial charge in [0.05, 0.1) is 7.11 Å². The molecule has 1 aliphatic heterocycles. The minimum Gasteiger partial charge on any atom is -0.496 e. The predicted octanol–water partition coefficient (Wildman–Crippen LogP) is 1.75. The lowest BCUT2D eigenvalue weighted by molar-refractivity contribution is 0.411. The quantitative estimate of drug-likeness (QED) is 0.752. The van der Waals surface area contributed by atoms with Crippen LogP contribution in [0.2, 0.25) is 0 Å². The summed E-state index contributed by atoms with van der Waals surface area (Å²) in [5.74, 6) is 1.80. The summed E-state index contributed by atoms with van der Waals surface area (Å²) in [6.07, 6.45) is 2.40. The fraction of sp³-hybridized carbons (Fsp3) is 0.600. The summed E-state index contributed by atoms with van der Waals surface area (Å²) in [6, 6.07) is 6.44. The lowest BCUT2D eigenvalue weighted by Gasteiger charge is -2.11. The fourth-order valence-corrected chi connectivity index (χ4v) is 2.52. The summed E-state index contributed by atoms with van der Waals surface area (Å²) in [6.45, 7) is 6.66. The molecule has 0 saturated carbocycles. The Morgan fingerprint density at radius 1 is 1.44 bits per heavy atom. The van der Waals surface area contributed by atoms with E-state index in [0.29, 0.717) is 0 Å². The SMILES string of the molecule is COc1ccc(CCNCC2CCNC2)cc1C. The van der Waals surface area contributed by atoms with Crippen LogP contribution in [0.5, 0.6) is 5.75 Å². The van der Waals surface area contributed by atoms with E-state index in [-0.39, 0.29) is 0 Å². The van der Waals surface area contributed by atoms with Gasteiger partial charge in [-0.15, -0.1) is 0 Å². The van der Waals surface area contributed by atoms with Crippen LogP contribution in [0.1, 0.15) is 17.5 Å². The lowest BCUT2D eigenvalue weighted by atomic mass is 10.1. The highest BCUT2D eigenvalue weighted by Crippen LogP contribution is 2.18. The Morgan fingerprint density at radius 2 is 2.33 bits per heavy atom. The smallest absolute Gasteiger partial charge is 0.121 e. The molecule has 1 unspecified atom stereocenters. The Labute approximate surface area is 110 Å². The maximum Gasteiger partial charge on any atom is 0.121 e. The van der Waals surface area contributed by atoms with E-state index in [1.807, 2.05) is 0 Å². The summed E-state index contributed by atoms with van der Waals surface area (Å²) >= 11 is 0. The second-order valence-corrected chi connectivity index (χ2v) is 5.12. The van der Waals surface area contributed by atoms with Gasteiger partial charge in [-0.05, 0) is 69.1 Å². The van der Waals surface area contributed by atoms with Gasteiger partial charge in [0.15, 0.2) is 0 Å². The summed E-state index contributed by atoms with van der Waals surface area (Å²) in [5, 5.41) is 6.95. The van der Waals surface area contributed by atoms with Gasteiger partial charge in [0.2, 0.25) is 0 Å². The Morgan fingerprint density at radius 3 is 3.00 bits per heavy atom. The van der Waals surface area contributed by atoms with Crippen molar-refractivity contribution < 1.29 is 4.74 Å². The highest BCUT2D eigenvalue weighted by atomic mass is 16.5. The van der Waals surface area contributed by atoms with Crippen LogP contribution in [0.4, 0.5) is 0 Å². The molecule has 2 N–H and O–H groups in total. The number of benzene rings is 1. The zero-order valence-electron chi connectivity index (χ0n) is 11.5. The predicted molar refractivity (Wildman–Crippen MR) is 75.3 cm³/mol. The van der Waals surface area contributed by atoms with Gasteiger partial charge >= 0.3 is 0 Å². The van der Waals surface area contributed by atoms with Gasteiger partial charge in [-0.1, -0.05) is 12.1 Å². The first kappa shape index (κ1) is 13.4. The molecule has 0 amide bonds. The van der Waals surface area contributed by atoms with Crippen molar-refractivity contribution in [1.29, 1.82) is 0 Å². The molecule has 1 aliphatic rings. The average molecular weight is 248 g/mol. The van der Waals surface area contributed by atoms with Gasteiger partial charge in [-0.2, -0.15) is 0 Å². The minimum atomic E-state index is 0.822. The van der Waals surface area contributed by atoms with Gasteiger partial charge in [0.1, 0.15) is 5.75 Å². The van der Waals surface area contributed by atoms with Crippen molar-refractivity contribution in [3.05, 3.63) is 29.3 Å². The molecule has 1 aromatic rings. The molecule has 1 heterocycles. The normalized spacial score (nSPS) is 19.1. The molecule has 1 saturated heterocycles. The number of ether oxygens (including phenoxy) is 1. The van der Waals surface area contributed by atoms with E-state index in [2.05, 4.69) is 35.8 Å². The topological polar surface area (TPSA) is 33.3 Å². The molecule has 0 spiro atoms. The van der Waals surface area contributed by atoms with Crippen LogP contribution in [0, 0.1) is 12.8 Å². The van der Waals surface area contributed by atoms with Gasteiger partial charge < -0.3 is 15.4 Å². The van der Waals surface area contributed by atoms with Crippen LogP contribution in [0.15, 0.2) is 18.2 Å². The molecule has 18 heavy (non-hydrogen) atoms. The number of hydrogen-bond donors (Lipinski definition) is 2. The molecule has 1 fully saturated rings. The van der Waals surface area contributed by atoms with Crippen molar-refractivity contribution in [1.82, 2.24) is 10.6 Å². The number of aryl methyl sites for hydroxylation is 1. The summed E-state index contributed by atoms with van der Waals surface area (Å²) < 4.78 is 5.27. The van der Waals surface area contributed by atoms with Crippen LogP contribution in [0.25, 0.3) is 0 Å². The number of methoxy groups -OCH3 is 1. The standard InChI is InChI=1S/C15H24N2O/c1-12-9-13(3-4-15(12)18-2)5-7-16-10-14-6-8-17-11-14/h3-4,9,14,16-17H,5-8,10-11H2,1-2H3. The molecule has 3 nitrogen and oxygen atoms in total. The molecular weight excluding hydrogens is 224 g/mol. The number of hydrogen-bond acceptors (Lipinski definition) is 3. The Balaban J connectivity index is 1.71. The van der Waals surface area contributed by atoms with E-state index in [1.54, 1.807) is 7.11 Å². The first-order valence-electron chi connectivity index (χ1n) is 6.84. The largest absolute Gasteiger partial charge is 0.496 e. The van der Waals surface area contributed by atoms with Crippen LogP contribution in [-0.2, 0) is 6.42 Å². The van der Waals surface area contributed by atoms with Crippen molar-refractivity contribution in [2.75, 3.05) is 33.3 Å². The highest BCUT2D eigenvalue weighted by Gasteiger charge is 2.13. The van der Waals surface area contributed by atoms with Crippen molar-refractivity contribution in [2.24, 2.45) is 5.92 Å². The van der Waals surface area contributed by atoms with Crippen LogP contribution < -0.4 is 15.4 Å². The third-order valence-corrected chi connectivity index (χ3v) is 3.65. The zero-order chi connectivity index (χ0) is 12.8. The lowest BCUT2D eigenvalue weighted by Crippen LogP contribution is -2.26. The average Bonchev–Trinajstić information content (AvgIpc) is 2.88. The van der Waals surface area contributed by atoms with E-state index >= 15 is 0 Å². The van der Waals surface area contributed by atoms with Gasteiger partial charge in [0, 0.05) is 0 Å². The van der Waals surface area contributed by atoms with Gasteiger partial charge in [-0.25, -0.2) is 0 Å². The Kier molecular flexibility index (Phi) is 5.02. The molecular formula is C15H24N2O. The summed E-state index contributed by atoms with van der Waals surface area (Å²) in [5.41, 5.74) is 2.60. The molecule has 0 aliphatic carbocycles. The van der Waals surface area contributed by atoms with E-state index < -0.39 is 0 Å². The van der Waals surface area contributed by atoms with Crippen molar-refractivity contribution in [3.63, 3.8) is 0 Å². The molecule has 1 aromatic carbocycles. The van der Waals surface area contributed by atoms with E-state index in [9.17, 15) is 0 Å². The second kappa shape index (κ2) is 6.76. The van der Waals surface area contributed by atoms with Crippen LogP contribution in [-0.4, -0.2) is 33.3 Å². The van der Waals surface area contributed by atoms with Crippen LogP contribution in [0.3, 0.4) is 0 Å². The number of rotatable bonds is 6. The van der Waals surface area contributed by atoms with E-state index in [0.717, 1.165) is 31.2 Å². The van der Waals surface area contributed by atoms with Crippen molar-refractivity contribution in [3.8, 4) is 5.75 Å². The molecule has 0 radical (unpaired) electrons. The molecule has 2 rings (SSSR count). The molecule has 1 atom stereocenters. The second-order valence-electron chi connectivity index (χ2n) is 5.12. The zero-order valence-corrected chi connectivity index (χ0v) is 11.5. The van der Waals surface area contributed by atoms with Crippen molar-refractivity contribution >= 4 is 0 Å². The Hall–Kier alpha value is -1.06. The number of nitrogens with one attached hydrogen (secondary N) is 2. The molecule has 0 bridgehead atoms. The monoisotopic (exact) mass is 248 g/mol. The third-order valence-electron chi connectivity index (χ3n) is 3.65. The first-order chi connectivity index (χ1) is 8.79. The summed E-state index contributed by atoms with van der Waals surface area (Å²) in [7, 11) is 1.72. The molecule has 3 heteroatoms. The maximum absolute atomic E-state index is 5.27. The van der Waals surface area contributed by atoms with Gasteiger partial charge in [0.25, 0.3) is 0 Å². The van der Waals surface area contributed by atoms with Gasteiger partial charge in [-0.3, -0.25) is 0 Å². The fourth-order valence-electron chi connectivity index (χ4n) is 2.52. The van der Waals surface area contributed by atoms with Crippen molar-refractivity contribution in [2.45, 2.75) is 19.8 Å². The molecule has 100 valence electrons. The minimum absolute atomic E-state index is 0.822.